The third-order valence-corrected chi connectivity index (χ3v) is 3.73. The van der Waals surface area contributed by atoms with Crippen molar-refractivity contribution in [3.63, 3.8) is 0 Å². The van der Waals surface area contributed by atoms with E-state index in [1.165, 1.54) is 16.3 Å². The van der Waals surface area contributed by atoms with Crippen LogP contribution < -0.4 is 0 Å². The number of hydrogen-bond donors (Lipinski definition) is 1. The SMILES string of the molecule is Cc1nc2ccccc2cc1-c1cc2ccccc2[nH]1. The number of aromatic amines is 1. The highest BCUT2D eigenvalue weighted by Gasteiger charge is 2.08. The lowest BCUT2D eigenvalue weighted by molar-refractivity contribution is 1.24. The average Bonchev–Trinajstić information content (AvgIpc) is 2.90. The summed E-state index contributed by atoms with van der Waals surface area (Å²) in [6.07, 6.45) is 0. The summed E-state index contributed by atoms with van der Waals surface area (Å²) in [5.74, 6) is 0. The standard InChI is InChI=1S/C18H14N2/c1-12-15(10-13-6-2-4-8-16(13)19-12)18-11-14-7-3-5-9-17(14)20-18/h2-11,20H,1H3. The summed E-state index contributed by atoms with van der Waals surface area (Å²) in [6, 6.07) is 21.0. The number of hydrogen-bond acceptors (Lipinski definition) is 1. The number of nitrogens with one attached hydrogen (secondary N) is 1. The Balaban J connectivity index is 1.98. The van der Waals surface area contributed by atoms with E-state index in [1.807, 2.05) is 18.2 Å². The largest absolute Gasteiger partial charge is 0.354 e. The molecule has 4 rings (SSSR count). The van der Waals surface area contributed by atoms with Crippen LogP contribution in [0.15, 0.2) is 60.7 Å². The Kier molecular flexibility index (Phi) is 2.36. The van der Waals surface area contributed by atoms with Crippen LogP contribution in [0.1, 0.15) is 5.69 Å². The van der Waals surface area contributed by atoms with E-state index in [0.717, 1.165) is 22.4 Å². The third kappa shape index (κ3) is 1.69. The van der Waals surface area contributed by atoms with Crippen molar-refractivity contribution >= 4 is 21.8 Å². The second-order valence-electron chi connectivity index (χ2n) is 5.08. The Morgan fingerprint density at radius 1 is 0.850 bits per heavy atom. The summed E-state index contributed by atoms with van der Waals surface area (Å²) in [6.45, 7) is 2.06. The summed E-state index contributed by atoms with van der Waals surface area (Å²) < 4.78 is 0. The summed E-state index contributed by atoms with van der Waals surface area (Å²) in [4.78, 5) is 8.18. The molecule has 0 radical (unpaired) electrons. The van der Waals surface area contributed by atoms with Crippen molar-refractivity contribution in [2.45, 2.75) is 6.92 Å². The predicted molar refractivity (Wildman–Crippen MR) is 83.8 cm³/mol. The lowest BCUT2D eigenvalue weighted by Gasteiger charge is -2.05. The fourth-order valence-electron chi connectivity index (χ4n) is 2.70. The highest BCUT2D eigenvalue weighted by atomic mass is 14.7. The van der Waals surface area contributed by atoms with Crippen LogP contribution in [0.5, 0.6) is 0 Å². The van der Waals surface area contributed by atoms with Gasteiger partial charge < -0.3 is 4.98 Å². The molecule has 0 unspecified atom stereocenters. The van der Waals surface area contributed by atoms with Crippen molar-refractivity contribution in [1.82, 2.24) is 9.97 Å². The zero-order valence-electron chi connectivity index (χ0n) is 11.2. The summed E-state index contributed by atoms with van der Waals surface area (Å²) >= 11 is 0. The lowest BCUT2D eigenvalue weighted by atomic mass is 10.1. The highest BCUT2D eigenvalue weighted by molar-refractivity contribution is 5.89. The van der Waals surface area contributed by atoms with E-state index in [9.17, 15) is 0 Å². The minimum Gasteiger partial charge on any atom is -0.354 e. The van der Waals surface area contributed by atoms with Crippen molar-refractivity contribution in [3.05, 3.63) is 66.4 Å². The zero-order valence-corrected chi connectivity index (χ0v) is 11.2. The predicted octanol–water partition coefficient (Wildman–Crippen LogP) is 4.69. The Bertz CT molecular complexity index is 886. The van der Waals surface area contributed by atoms with Crippen LogP contribution in [0, 0.1) is 6.92 Å². The maximum atomic E-state index is 4.70. The first-order valence-electron chi connectivity index (χ1n) is 6.76. The first-order chi connectivity index (χ1) is 9.81. The number of aromatic nitrogens is 2. The van der Waals surface area contributed by atoms with E-state index in [4.69, 9.17) is 4.98 Å². The molecule has 0 aliphatic heterocycles. The van der Waals surface area contributed by atoms with Gasteiger partial charge in [-0.2, -0.15) is 0 Å². The van der Waals surface area contributed by atoms with Gasteiger partial charge in [0.15, 0.2) is 0 Å². The van der Waals surface area contributed by atoms with Gasteiger partial charge in [0.2, 0.25) is 0 Å². The van der Waals surface area contributed by atoms with E-state index in [1.54, 1.807) is 0 Å². The highest BCUT2D eigenvalue weighted by Crippen LogP contribution is 2.28. The van der Waals surface area contributed by atoms with Crippen molar-refractivity contribution in [3.8, 4) is 11.3 Å². The van der Waals surface area contributed by atoms with Gasteiger partial charge in [0.05, 0.1) is 5.52 Å². The summed E-state index contributed by atoms with van der Waals surface area (Å²) in [5, 5.41) is 2.40. The topological polar surface area (TPSA) is 28.7 Å². The van der Waals surface area contributed by atoms with Gasteiger partial charge in [-0.15, -0.1) is 0 Å². The number of nitrogens with zero attached hydrogens (tertiary/aromatic N) is 1. The average molecular weight is 258 g/mol. The summed E-state index contributed by atoms with van der Waals surface area (Å²) in [7, 11) is 0. The minimum absolute atomic E-state index is 1.05. The molecule has 0 amide bonds. The Morgan fingerprint density at radius 2 is 1.60 bits per heavy atom. The minimum atomic E-state index is 1.05. The number of aryl methyl sites for hydroxylation is 1. The van der Waals surface area contributed by atoms with Gasteiger partial charge in [0.1, 0.15) is 0 Å². The summed E-state index contributed by atoms with van der Waals surface area (Å²) in [5.41, 5.74) is 5.55. The Morgan fingerprint density at radius 3 is 2.45 bits per heavy atom. The molecule has 0 saturated carbocycles. The molecule has 96 valence electrons. The molecule has 4 aromatic rings. The number of benzene rings is 2. The third-order valence-electron chi connectivity index (χ3n) is 3.73. The molecular weight excluding hydrogens is 244 g/mol. The molecule has 0 spiro atoms. The number of rotatable bonds is 1. The Hall–Kier alpha value is -2.61. The molecular formula is C18H14N2. The monoisotopic (exact) mass is 258 g/mol. The van der Waals surface area contributed by atoms with Gasteiger partial charge in [-0.1, -0.05) is 36.4 Å². The van der Waals surface area contributed by atoms with Crippen molar-refractivity contribution in [2.24, 2.45) is 0 Å². The molecule has 20 heavy (non-hydrogen) atoms. The maximum absolute atomic E-state index is 4.70. The van der Waals surface area contributed by atoms with E-state index in [0.29, 0.717) is 0 Å². The number of H-pyrrole nitrogens is 1. The second kappa shape index (κ2) is 4.20. The lowest BCUT2D eigenvalue weighted by Crippen LogP contribution is -1.89. The van der Waals surface area contributed by atoms with Gasteiger partial charge in [0, 0.05) is 33.2 Å². The molecule has 0 atom stereocenters. The molecule has 2 heterocycles. The molecule has 2 aromatic carbocycles. The van der Waals surface area contributed by atoms with Gasteiger partial charge in [-0.05, 0) is 31.2 Å². The van der Waals surface area contributed by atoms with Crippen LogP contribution in [0.4, 0.5) is 0 Å². The van der Waals surface area contributed by atoms with Crippen LogP contribution in [0.3, 0.4) is 0 Å². The fraction of sp³-hybridized carbons (Fsp3) is 0.0556. The molecule has 2 nitrogen and oxygen atoms in total. The first-order valence-corrected chi connectivity index (χ1v) is 6.76. The smallest absolute Gasteiger partial charge is 0.0705 e. The van der Waals surface area contributed by atoms with Gasteiger partial charge >= 0.3 is 0 Å². The van der Waals surface area contributed by atoms with E-state index < -0.39 is 0 Å². The van der Waals surface area contributed by atoms with Crippen molar-refractivity contribution in [1.29, 1.82) is 0 Å². The van der Waals surface area contributed by atoms with Gasteiger partial charge in [-0.3, -0.25) is 4.98 Å². The maximum Gasteiger partial charge on any atom is 0.0705 e. The quantitative estimate of drug-likeness (QED) is 0.527. The number of para-hydroxylation sites is 2. The molecule has 1 N–H and O–H groups in total. The van der Waals surface area contributed by atoms with Gasteiger partial charge in [-0.25, -0.2) is 0 Å². The zero-order chi connectivity index (χ0) is 13.5. The molecule has 2 heteroatoms. The normalized spacial score (nSPS) is 11.2. The molecule has 0 saturated heterocycles. The molecule has 0 aliphatic carbocycles. The van der Waals surface area contributed by atoms with Crippen molar-refractivity contribution in [2.75, 3.05) is 0 Å². The van der Waals surface area contributed by atoms with Gasteiger partial charge in [0.25, 0.3) is 0 Å². The van der Waals surface area contributed by atoms with E-state index in [-0.39, 0.29) is 0 Å². The first kappa shape index (κ1) is 11.2. The number of pyridine rings is 1. The molecule has 0 bridgehead atoms. The fourth-order valence-corrected chi connectivity index (χ4v) is 2.70. The van der Waals surface area contributed by atoms with Crippen LogP contribution in [0.25, 0.3) is 33.1 Å². The second-order valence-corrected chi connectivity index (χ2v) is 5.08. The van der Waals surface area contributed by atoms with E-state index >= 15 is 0 Å². The molecule has 0 aliphatic rings. The molecule has 0 fully saturated rings. The Labute approximate surface area is 117 Å². The molecule has 2 aromatic heterocycles. The number of fused-ring (bicyclic) bond motifs is 2. The van der Waals surface area contributed by atoms with Crippen LogP contribution in [-0.4, -0.2) is 9.97 Å². The van der Waals surface area contributed by atoms with Crippen LogP contribution >= 0.6 is 0 Å². The van der Waals surface area contributed by atoms with Crippen LogP contribution in [-0.2, 0) is 0 Å². The van der Waals surface area contributed by atoms with Crippen molar-refractivity contribution < 1.29 is 0 Å². The van der Waals surface area contributed by atoms with E-state index in [2.05, 4.69) is 54.4 Å². The van der Waals surface area contributed by atoms with Crippen LogP contribution in [0.2, 0.25) is 0 Å².